The molecule has 3 aromatic rings. The highest BCUT2D eigenvalue weighted by atomic mass is 32.1. The smallest absolute Gasteiger partial charge is 0.407 e. The largest absolute Gasteiger partial charge is 0.491 e. The van der Waals surface area contributed by atoms with Crippen LogP contribution in [0, 0.1) is 0 Å². The number of carbonyl (C=O) groups is 1. The molecule has 0 fully saturated rings. The molecule has 0 saturated carbocycles. The van der Waals surface area contributed by atoms with Crippen molar-refractivity contribution in [3.8, 4) is 5.75 Å². The van der Waals surface area contributed by atoms with Crippen LogP contribution in [0.1, 0.15) is 46.2 Å². The van der Waals surface area contributed by atoms with E-state index >= 15 is 0 Å². The molecular weight excluding hydrogens is 402 g/mol. The van der Waals surface area contributed by atoms with E-state index in [2.05, 4.69) is 24.1 Å². The van der Waals surface area contributed by atoms with Crippen LogP contribution in [0.25, 0.3) is 21.1 Å². The van der Waals surface area contributed by atoms with E-state index in [-0.39, 0.29) is 0 Å². The Morgan fingerprint density at radius 1 is 1.20 bits per heavy atom. The molecule has 0 spiro atoms. The van der Waals surface area contributed by atoms with Crippen LogP contribution in [0.5, 0.6) is 5.75 Å². The molecule has 1 aromatic carbocycles. The summed E-state index contributed by atoms with van der Waals surface area (Å²) < 4.78 is 17.6. The summed E-state index contributed by atoms with van der Waals surface area (Å²) in [4.78, 5) is 20.9. The van der Waals surface area contributed by atoms with Gasteiger partial charge in [0.05, 0.1) is 34.6 Å². The molecule has 3 rings (SSSR count). The van der Waals surface area contributed by atoms with Crippen LogP contribution >= 0.6 is 11.3 Å². The molecule has 30 heavy (non-hydrogen) atoms. The molecule has 0 unspecified atom stereocenters. The number of rotatable bonds is 8. The van der Waals surface area contributed by atoms with Crippen molar-refractivity contribution in [3.63, 3.8) is 0 Å². The van der Waals surface area contributed by atoms with Crippen molar-refractivity contribution < 1.29 is 19.0 Å². The van der Waals surface area contributed by atoms with Crippen LogP contribution in [0.4, 0.5) is 4.79 Å². The lowest BCUT2D eigenvalue weighted by atomic mass is 10.1. The predicted molar refractivity (Wildman–Crippen MR) is 120 cm³/mol. The van der Waals surface area contributed by atoms with Crippen LogP contribution in [-0.4, -0.2) is 48.0 Å². The number of thiazole rings is 1. The molecule has 0 bridgehead atoms. The maximum atomic E-state index is 11.5. The maximum Gasteiger partial charge on any atom is 0.407 e. The van der Waals surface area contributed by atoms with Gasteiger partial charge in [-0.2, -0.15) is 0 Å². The lowest BCUT2D eigenvalue weighted by Gasteiger charge is -2.19. The Kier molecular flexibility index (Phi) is 7.10. The van der Waals surface area contributed by atoms with Gasteiger partial charge in [-0.05, 0) is 38.8 Å². The van der Waals surface area contributed by atoms with Crippen molar-refractivity contribution in [3.05, 3.63) is 29.4 Å². The first-order chi connectivity index (χ1) is 14.2. The number of hydrogen-bond donors (Lipinski definition) is 1. The van der Waals surface area contributed by atoms with E-state index in [1.165, 1.54) is 0 Å². The number of benzene rings is 1. The number of amides is 1. The number of fused-ring (bicyclic) bond motifs is 3. The Morgan fingerprint density at radius 2 is 2.00 bits per heavy atom. The van der Waals surface area contributed by atoms with Crippen LogP contribution in [-0.2, 0) is 9.47 Å². The molecule has 0 aliphatic carbocycles. The third kappa shape index (κ3) is 5.79. The minimum absolute atomic E-state index is 0.297. The van der Waals surface area contributed by atoms with Crippen molar-refractivity contribution in [2.75, 3.05) is 26.4 Å². The fourth-order valence-corrected chi connectivity index (χ4v) is 3.78. The molecule has 7 nitrogen and oxygen atoms in total. The number of carbonyl (C=O) groups excluding carboxylic acids is 1. The van der Waals surface area contributed by atoms with Crippen molar-refractivity contribution in [2.24, 2.45) is 0 Å². The molecule has 0 aliphatic heterocycles. The SMILES string of the molecule is CC(C)c1nc2cc(OCCOCCNC(=O)OC(C)(C)C)ccc2c2scnc12. The summed E-state index contributed by atoms with van der Waals surface area (Å²) in [5.74, 6) is 1.05. The van der Waals surface area contributed by atoms with E-state index in [9.17, 15) is 4.79 Å². The van der Waals surface area contributed by atoms with Gasteiger partial charge in [0.1, 0.15) is 23.5 Å². The highest BCUT2D eigenvalue weighted by Crippen LogP contribution is 2.33. The molecule has 0 saturated heterocycles. The number of ether oxygens (including phenoxy) is 3. The molecule has 162 valence electrons. The second kappa shape index (κ2) is 9.57. The van der Waals surface area contributed by atoms with E-state index in [0.717, 1.165) is 32.6 Å². The highest BCUT2D eigenvalue weighted by molar-refractivity contribution is 7.17. The fraction of sp³-hybridized carbons (Fsp3) is 0.500. The first-order valence-electron chi connectivity index (χ1n) is 10.1. The van der Waals surface area contributed by atoms with E-state index in [1.54, 1.807) is 11.3 Å². The molecule has 0 atom stereocenters. The van der Waals surface area contributed by atoms with Crippen molar-refractivity contribution in [1.82, 2.24) is 15.3 Å². The minimum Gasteiger partial charge on any atom is -0.491 e. The number of hydrogen-bond acceptors (Lipinski definition) is 7. The lowest BCUT2D eigenvalue weighted by molar-refractivity contribution is 0.0489. The monoisotopic (exact) mass is 431 g/mol. The molecule has 2 heterocycles. The molecule has 2 aromatic heterocycles. The maximum absolute atomic E-state index is 11.5. The summed E-state index contributed by atoms with van der Waals surface area (Å²) in [5, 5.41) is 3.75. The number of nitrogens with one attached hydrogen (secondary N) is 1. The minimum atomic E-state index is -0.505. The topological polar surface area (TPSA) is 82.6 Å². The second-order valence-corrected chi connectivity index (χ2v) is 9.11. The number of pyridine rings is 1. The standard InChI is InChI=1S/C22H29N3O4S/c1-14(2)18-19-20(30-13-24-19)16-7-6-15(12-17(16)25-18)28-11-10-27-9-8-23-21(26)29-22(3,4)5/h6-7,12-14H,8-11H2,1-5H3,(H,23,26). The van der Waals surface area contributed by atoms with Crippen LogP contribution in [0.2, 0.25) is 0 Å². The average Bonchev–Trinajstić information content (AvgIpc) is 3.14. The Hall–Kier alpha value is -2.45. The molecule has 8 heteroatoms. The Labute approximate surface area is 180 Å². The van der Waals surface area contributed by atoms with Crippen LogP contribution in [0.3, 0.4) is 0 Å². The van der Waals surface area contributed by atoms with E-state index < -0.39 is 11.7 Å². The summed E-state index contributed by atoms with van der Waals surface area (Å²) in [6.07, 6.45) is -0.443. The number of alkyl carbamates (subject to hydrolysis) is 1. The van der Waals surface area contributed by atoms with Gasteiger partial charge in [-0.3, -0.25) is 4.98 Å². The average molecular weight is 432 g/mol. The lowest BCUT2D eigenvalue weighted by Crippen LogP contribution is -2.34. The zero-order valence-electron chi connectivity index (χ0n) is 18.2. The van der Waals surface area contributed by atoms with Crippen molar-refractivity contribution >= 4 is 38.5 Å². The normalized spacial score (nSPS) is 11.9. The van der Waals surface area contributed by atoms with Gasteiger partial charge in [0, 0.05) is 18.0 Å². The third-order valence-corrected chi connectivity index (χ3v) is 5.08. The van der Waals surface area contributed by atoms with Gasteiger partial charge in [-0.15, -0.1) is 11.3 Å². The van der Waals surface area contributed by atoms with Crippen LogP contribution in [0.15, 0.2) is 23.7 Å². The Morgan fingerprint density at radius 3 is 2.73 bits per heavy atom. The zero-order valence-corrected chi connectivity index (χ0v) is 19.0. The van der Waals surface area contributed by atoms with Gasteiger partial charge >= 0.3 is 6.09 Å². The number of nitrogens with zero attached hydrogens (tertiary/aromatic N) is 2. The predicted octanol–water partition coefficient (Wildman–Crippen LogP) is 4.89. The second-order valence-electron chi connectivity index (χ2n) is 8.25. The highest BCUT2D eigenvalue weighted by Gasteiger charge is 2.16. The van der Waals surface area contributed by atoms with Gasteiger partial charge in [-0.1, -0.05) is 13.8 Å². The van der Waals surface area contributed by atoms with Crippen molar-refractivity contribution in [1.29, 1.82) is 0 Å². The van der Waals surface area contributed by atoms with E-state index in [0.29, 0.717) is 32.3 Å². The molecular formula is C22H29N3O4S. The summed E-state index contributed by atoms with van der Waals surface area (Å²) in [6, 6.07) is 5.95. The summed E-state index contributed by atoms with van der Waals surface area (Å²) in [5.41, 5.74) is 4.28. The Balaban J connectivity index is 1.49. The summed E-state index contributed by atoms with van der Waals surface area (Å²) in [7, 11) is 0. The van der Waals surface area contributed by atoms with Gasteiger partial charge in [0.25, 0.3) is 0 Å². The first kappa shape index (κ1) is 22.2. The van der Waals surface area contributed by atoms with Gasteiger partial charge in [0.15, 0.2) is 0 Å². The van der Waals surface area contributed by atoms with Gasteiger partial charge < -0.3 is 19.5 Å². The van der Waals surface area contributed by atoms with E-state index in [1.807, 2.05) is 44.5 Å². The zero-order chi connectivity index (χ0) is 21.7. The van der Waals surface area contributed by atoms with E-state index in [4.69, 9.17) is 19.2 Å². The molecule has 1 N–H and O–H groups in total. The summed E-state index contributed by atoms with van der Waals surface area (Å²) in [6.45, 7) is 11.3. The number of aromatic nitrogens is 2. The quantitative estimate of drug-likeness (QED) is 0.512. The summed E-state index contributed by atoms with van der Waals surface area (Å²) >= 11 is 1.64. The third-order valence-electron chi connectivity index (χ3n) is 4.22. The molecule has 0 aliphatic rings. The molecule has 1 amide bonds. The fourth-order valence-electron chi connectivity index (χ4n) is 2.95. The van der Waals surface area contributed by atoms with Crippen molar-refractivity contribution in [2.45, 2.75) is 46.1 Å². The van der Waals surface area contributed by atoms with Gasteiger partial charge in [0.2, 0.25) is 0 Å². The van der Waals surface area contributed by atoms with Gasteiger partial charge in [-0.25, -0.2) is 9.78 Å². The first-order valence-corrected chi connectivity index (χ1v) is 11.0. The Bertz CT molecular complexity index is 1010. The molecule has 0 radical (unpaired) electrons. The van der Waals surface area contributed by atoms with Crippen LogP contribution < -0.4 is 10.1 Å².